The van der Waals surface area contributed by atoms with Gasteiger partial charge in [-0.2, -0.15) is 5.10 Å². The third-order valence-corrected chi connectivity index (χ3v) is 3.56. The van der Waals surface area contributed by atoms with E-state index in [0.717, 1.165) is 16.5 Å². The fraction of sp³-hybridized carbons (Fsp3) is 0.214. The van der Waals surface area contributed by atoms with Gasteiger partial charge in [-0.05, 0) is 24.6 Å². The number of hydrogen-bond donors (Lipinski definition) is 2. The molecule has 0 fully saturated rings. The van der Waals surface area contributed by atoms with Crippen LogP contribution in [0.15, 0.2) is 29.9 Å². The van der Waals surface area contributed by atoms with Crippen LogP contribution in [-0.2, 0) is 11.3 Å². The molecule has 0 bridgehead atoms. The Labute approximate surface area is 125 Å². The van der Waals surface area contributed by atoms with Crippen LogP contribution in [-0.4, -0.2) is 33.3 Å². The molecule has 2 aromatic heterocycles. The summed E-state index contributed by atoms with van der Waals surface area (Å²) >= 11 is 1.32. The largest absolute Gasteiger partial charge is 0.478 e. The standard InChI is InChI=1S/C14H15N3O3S/c1-10-7-16-17(8-10)5-4-15-14(20)11-6-12(21-9-11)2-3-13(18)19/h2-3,6-9H,4-5H2,1H3,(H,15,20)(H,18,19)/b3-2+. The molecule has 0 aromatic carbocycles. The molecule has 6 nitrogen and oxygen atoms in total. The minimum atomic E-state index is -1.01. The van der Waals surface area contributed by atoms with Crippen molar-refractivity contribution in [3.8, 4) is 0 Å². The summed E-state index contributed by atoms with van der Waals surface area (Å²) in [6.07, 6.45) is 6.19. The Bertz CT molecular complexity index is 673. The fourth-order valence-corrected chi connectivity index (χ4v) is 2.47. The van der Waals surface area contributed by atoms with Crippen LogP contribution in [0.4, 0.5) is 0 Å². The van der Waals surface area contributed by atoms with Crippen LogP contribution in [0.2, 0.25) is 0 Å². The zero-order chi connectivity index (χ0) is 15.2. The summed E-state index contributed by atoms with van der Waals surface area (Å²) < 4.78 is 1.77. The van der Waals surface area contributed by atoms with E-state index in [1.807, 2.05) is 13.1 Å². The maximum Gasteiger partial charge on any atom is 0.328 e. The van der Waals surface area contributed by atoms with E-state index in [1.165, 1.54) is 17.4 Å². The van der Waals surface area contributed by atoms with Crippen LogP contribution in [0.5, 0.6) is 0 Å². The smallest absolute Gasteiger partial charge is 0.328 e. The third-order valence-electron chi connectivity index (χ3n) is 2.66. The quantitative estimate of drug-likeness (QED) is 0.797. The van der Waals surface area contributed by atoms with Crippen molar-refractivity contribution in [3.63, 3.8) is 0 Å². The normalized spacial score (nSPS) is 10.9. The van der Waals surface area contributed by atoms with Gasteiger partial charge in [0.2, 0.25) is 0 Å². The van der Waals surface area contributed by atoms with E-state index in [9.17, 15) is 9.59 Å². The average molecular weight is 305 g/mol. The summed E-state index contributed by atoms with van der Waals surface area (Å²) in [4.78, 5) is 23.1. The van der Waals surface area contributed by atoms with Gasteiger partial charge in [0.25, 0.3) is 5.91 Å². The molecule has 110 valence electrons. The predicted molar refractivity (Wildman–Crippen MR) is 80.3 cm³/mol. The van der Waals surface area contributed by atoms with Crippen LogP contribution in [0.1, 0.15) is 20.8 Å². The molecular formula is C14H15N3O3S. The van der Waals surface area contributed by atoms with E-state index >= 15 is 0 Å². The van der Waals surface area contributed by atoms with Gasteiger partial charge < -0.3 is 10.4 Å². The first kappa shape index (κ1) is 15.0. The Morgan fingerprint density at radius 1 is 1.52 bits per heavy atom. The van der Waals surface area contributed by atoms with Crippen LogP contribution in [0.25, 0.3) is 6.08 Å². The van der Waals surface area contributed by atoms with Crippen molar-refractivity contribution in [2.45, 2.75) is 13.5 Å². The van der Waals surface area contributed by atoms with Gasteiger partial charge in [-0.15, -0.1) is 11.3 Å². The number of carbonyl (C=O) groups is 2. The number of rotatable bonds is 6. The number of hydrogen-bond acceptors (Lipinski definition) is 4. The van der Waals surface area contributed by atoms with Crippen LogP contribution in [0, 0.1) is 6.92 Å². The molecule has 0 atom stereocenters. The van der Waals surface area contributed by atoms with Crippen molar-refractivity contribution in [2.24, 2.45) is 0 Å². The van der Waals surface area contributed by atoms with Crippen molar-refractivity contribution < 1.29 is 14.7 Å². The Morgan fingerprint density at radius 2 is 2.33 bits per heavy atom. The van der Waals surface area contributed by atoms with Gasteiger partial charge in [-0.3, -0.25) is 9.48 Å². The number of carbonyl (C=O) groups excluding carboxylic acids is 1. The van der Waals surface area contributed by atoms with E-state index in [4.69, 9.17) is 5.11 Å². The first-order valence-electron chi connectivity index (χ1n) is 6.31. The third kappa shape index (κ3) is 4.57. The number of aromatic nitrogens is 2. The second kappa shape index (κ2) is 6.85. The maximum absolute atomic E-state index is 11.9. The maximum atomic E-state index is 11.9. The van der Waals surface area contributed by atoms with Gasteiger partial charge in [0.05, 0.1) is 18.3 Å². The summed E-state index contributed by atoms with van der Waals surface area (Å²) in [6.45, 7) is 3.05. The molecule has 0 aliphatic rings. The SMILES string of the molecule is Cc1cnn(CCNC(=O)c2csc(/C=C/C(=O)O)c2)c1. The number of nitrogens with zero attached hydrogens (tertiary/aromatic N) is 2. The molecule has 7 heteroatoms. The Kier molecular flexibility index (Phi) is 4.89. The summed E-state index contributed by atoms with van der Waals surface area (Å²) in [7, 11) is 0. The molecular weight excluding hydrogens is 290 g/mol. The number of nitrogens with one attached hydrogen (secondary N) is 1. The van der Waals surface area contributed by atoms with Gasteiger partial charge in [0.1, 0.15) is 0 Å². The average Bonchev–Trinajstić information content (AvgIpc) is 3.05. The van der Waals surface area contributed by atoms with Crippen molar-refractivity contribution >= 4 is 29.3 Å². The van der Waals surface area contributed by atoms with Gasteiger partial charge in [-0.1, -0.05) is 0 Å². The van der Waals surface area contributed by atoms with Gasteiger partial charge in [0, 0.05) is 29.1 Å². The lowest BCUT2D eigenvalue weighted by molar-refractivity contribution is -0.131. The minimum absolute atomic E-state index is 0.176. The van der Waals surface area contributed by atoms with E-state index in [-0.39, 0.29) is 5.91 Å². The molecule has 0 aliphatic carbocycles. The molecule has 1 amide bonds. The summed E-state index contributed by atoms with van der Waals surface area (Å²) in [5.74, 6) is -1.19. The number of carboxylic acid groups (broad SMARTS) is 1. The minimum Gasteiger partial charge on any atom is -0.478 e. The molecule has 0 saturated heterocycles. The molecule has 2 N–H and O–H groups in total. The van der Waals surface area contributed by atoms with Crippen molar-refractivity contribution in [1.29, 1.82) is 0 Å². The van der Waals surface area contributed by atoms with Crippen LogP contribution >= 0.6 is 11.3 Å². The van der Waals surface area contributed by atoms with Gasteiger partial charge in [0.15, 0.2) is 0 Å². The number of amides is 1. The molecule has 2 rings (SSSR count). The summed E-state index contributed by atoms with van der Waals surface area (Å²) in [5, 5.41) is 17.2. The topological polar surface area (TPSA) is 84.2 Å². The lowest BCUT2D eigenvalue weighted by Crippen LogP contribution is -2.26. The number of thiophene rings is 1. The molecule has 0 saturated carbocycles. The highest BCUT2D eigenvalue weighted by Crippen LogP contribution is 2.16. The highest BCUT2D eigenvalue weighted by Gasteiger charge is 2.07. The Morgan fingerprint density at radius 3 is 3.00 bits per heavy atom. The molecule has 0 aliphatic heterocycles. The Balaban J connectivity index is 1.84. The monoisotopic (exact) mass is 305 g/mol. The molecule has 2 heterocycles. The predicted octanol–water partition coefficient (Wildman–Crippen LogP) is 1.78. The molecule has 0 unspecified atom stereocenters. The first-order valence-corrected chi connectivity index (χ1v) is 7.19. The fourth-order valence-electron chi connectivity index (χ4n) is 1.69. The lowest BCUT2D eigenvalue weighted by Gasteiger charge is -2.03. The first-order chi connectivity index (χ1) is 10.0. The summed E-state index contributed by atoms with van der Waals surface area (Å²) in [6, 6.07) is 1.66. The van der Waals surface area contributed by atoms with Crippen molar-refractivity contribution in [1.82, 2.24) is 15.1 Å². The Hall–Kier alpha value is -2.41. The molecule has 2 aromatic rings. The van der Waals surface area contributed by atoms with Gasteiger partial charge in [-0.25, -0.2) is 4.79 Å². The van der Waals surface area contributed by atoms with E-state index in [1.54, 1.807) is 22.3 Å². The lowest BCUT2D eigenvalue weighted by atomic mass is 10.3. The second-order valence-electron chi connectivity index (χ2n) is 4.45. The molecule has 0 radical (unpaired) electrons. The van der Waals surface area contributed by atoms with E-state index in [2.05, 4.69) is 10.4 Å². The van der Waals surface area contributed by atoms with Crippen molar-refractivity contribution in [3.05, 3.63) is 45.9 Å². The number of aryl methyl sites for hydroxylation is 1. The number of carboxylic acids is 1. The zero-order valence-electron chi connectivity index (χ0n) is 11.4. The van der Waals surface area contributed by atoms with E-state index < -0.39 is 5.97 Å². The van der Waals surface area contributed by atoms with E-state index in [0.29, 0.717) is 18.7 Å². The highest BCUT2D eigenvalue weighted by atomic mass is 32.1. The summed E-state index contributed by atoms with van der Waals surface area (Å²) in [5.41, 5.74) is 1.61. The molecule has 21 heavy (non-hydrogen) atoms. The highest BCUT2D eigenvalue weighted by molar-refractivity contribution is 7.11. The van der Waals surface area contributed by atoms with Crippen molar-refractivity contribution in [2.75, 3.05) is 6.54 Å². The van der Waals surface area contributed by atoms with Crippen LogP contribution in [0.3, 0.4) is 0 Å². The zero-order valence-corrected chi connectivity index (χ0v) is 12.3. The molecule has 0 spiro atoms. The number of aliphatic carboxylic acids is 1. The second-order valence-corrected chi connectivity index (χ2v) is 5.39. The van der Waals surface area contributed by atoms with Crippen LogP contribution < -0.4 is 5.32 Å². The van der Waals surface area contributed by atoms with Gasteiger partial charge >= 0.3 is 5.97 Å².